The van der Waals surface area contributed by atoms with E-state index >= 15 is 0 Å². The number of carbonyl (C=O) groups excluding carboxylic acids is 1. The number of anilines is 1. The lowest BCUT2D eigenvalue weighted by molar-refractivity contribution is -0.112. The van der Waals surface area contributed by atoms with Crippen molar-refractivity contribution in [3.63, 3.8) is 0 Å². The summed E-state index contributed by atoms with van der Waals surface area (Å²) in [6.45, 7) is 0.329. The molecule has 0 heterocycles. The molecule has 0 aliphatic heterocycles. The Balaban J connectivity index is 1.69. The highest BCUT2D eigenvalue weighted by Crippen LogP contribution is 2.26. The molecular weight excluding hydrogens is 562 g/mol. The van der Waals surface area contributed by atoms with Gasteiger partial charge in [-0.3, -0.25) is 4.79 Å². The van der Waals surface area contributed by atoms with Crippen LogP contribution in [0.2, 0.25) is 10.0 Å². The molecule has 0 spiro atoms. The summed E-state index contributed by atoms with van der Waals surface area (Å²) >= 11 is 14.1. The third kappa shape index (κ3) is 6.39. The minimum Gasteiger partial charge on any atom is -0.497 e. The second kappa shape index (κ2) is 11.2. The fourth-order valence-electron chi connectivity index (χ4n) is 2.70. The topological polar surface area (TPSA) is 71.3 Å². The van der Waals surface area contributed by atoms with Gasteiger partial charge in [0.1, 0.15) is 29.7 Å². The Morgan fingerprint density at radius 3 is 2.47 bits per heavy atom. The van der Waals surface area contributed by atoms with Crippen molar-refractivity contribution in [2.75, 3.05) is 12.4 Å². The number of nitrogens with one attached hydrogen (secondary N) is 1. The number of halogens is 3. The van der Waals surface area contributed by atoms with E-state index in [0.29, 0.717) is 39.4 Å². The molecule has 1 amide bonds. The normalized spacial score (nSPS) is 10.9. The van der Waals surface area contributed by atoms with E-state index in [0.717, 1.165) is 9.13 Å². The molecule has 0 bridgehead atoms. The van der Waals surface area contributed by atoms with Crippen LogP contribution in [0.3, 0.4) is 0 Å². The molecule has 1 N–H and O–H groups in total. The highest BCUT2D eigenvalue weighted by molar-refractivity contribution is 14.1. The predicted molar refractivity (Wildman–Crippen MR) is 135 cm³/mol. The minimum absolute atomic E-state index is 0.0129. The monoisotopic (exact) mass is 578 g/mol. The van der Waals surface area contributed by atoms with Crippen molar-refractivity contribution in [1.82, 2.24) is 0 Å². The largest absolute Gasteiger partial charge is 0.497 e. The first-order valence-electron chi connectivity index (χ1n) is 9.33. The summed E-state index contributed by atoms with van der Waals surface area (Å²) in [5.41, 5.74) is 2.15. The number of rotatable bonds is 7. The van der Waals surface area contributed by atoms with Gasteiger partial charge >= 0.3 is 0 Å². The molecule has 0 atom stereocenters. The summed E-state index contributed by atoms with van der Waals surface area (Å²) in [7, 11) is 1.56. The van der Waals surface area contributed by atoms with Crippen LogP contribution in [0.15, 0.2) is 66.2 Å². The Morgan fingerprint density at radius 1 is 1.09 bits per heavy atom. The van der Waals surface area contributed by atoms with Crippen molar-refractivity contribution in [3.05, 3.63) is 91.0 Å². The first kappa shape index (κ1) is 23.9. The summed E-state index contributed by atoms with van der Waals surface area (Å²) in [5.74, 6) is 0.859. The lowest BCUT2D eigenvalue weighted by Gasteiger charge is -2.10. The van der Waals surface area contributed by atoms with E-state index < -0.39 is 5.91 Å². The number of nitrogens with zero attached hydrogens (tertiary/aromatic N) is 1. The smallest absolute Gasteiger partial charge is 0.266 e. The van der Waals surface area contributed by atoms with Crippen molar-refractivity contribution in [3.8, 4) is 17.6 Å². The summed E-state index contributed by atoms with van der Waals surface area (Å²) in [4.78, 5) is 12.5. The minimum atomic E-state index is -0.493. The van der Waals surface area contributed by atoms with E-state index in [2.05, 4.69) is 27.9 Å². The predicted octanol–water partition coefficient (Wildman–Crippen LogP) is 6.73. The molecule has 3 aromatic rings. The average Bonchev–Trinajstić information content (AvgIpc) is 2.79. The molecule has 8 heteroatoms. The zero-order chi connectivity index (χ0) is 23.1. The lowest BCUT2D eigenvalue weighted by atomic mass is 10.1. The van der Waals surface area contributed by atoms with Gasteiger partial charge < -0.3 is 14.8 Å². The number of carbonyl (C=O) groups is 1. The Hall–Kier alpha value is -2.73. The van der Waals surface area contributed by atoms with E-state index in [-0.39, 0.29) is 5.57 Å². The number of benzene rings is 3. The molecule has 32 heavy (non-hydrogen) atoms. The molecule has 0 saturated heterocycles. The fraction of sp³-hybridized carbons (Fsp3) is 0.0833. The van der Waals surface area contributed by atoms with E-state index in [4.69, 9.17) is 32.7 Å². The quantitative estimate of drug-likeness (QED) is 0.192. The van der Waals surface area contributed by atoms with Crippen LogP contribution in [0, 0.1) is 14.9 Å². The fourth-order valence-corrected chi connectivity index (χ4v) is 3.72. The SMILES string of the molecule is COc1ccc(NC(=O)/C(C#N)=C\c2ccc(OCc3ccc(Cl)c(Cl)c3)c(I)c2)cc1. The van der Waals surface area contributed by atoms with Crippen LogP contribution in [0.25, 0.3) is 6.08 Å². The summed E-state index contributed by atoms with van der Waals surface area (Å²) in [6, 6.07) is 19.6. The van der Waals surface area contributed by atoms with Crippen molar-refractivity contribution < 1.29 is 14.3 Å². The molecule has 3 rings (SSSR count). The second-order valence-electron chi connectivity index (χ2n) is 6.58. The zero-order valence-electron chi connectivity index (χ0n) is 16.9. The zero-order valence-corrected chi connectivity index (χ0v) is 20.5. The Bertz CT molecular complexity index is 1200. The number of ether oxygens (including phenoxy) is 2. The Kier molecular flexibility index (Phi) is 8.39. The molecule has 0 aromatic heterocycles. The van der Waals surface area contributed by atoms with Gasteiger partial charge in [-0.1, -0.05) is 35.3 Å². The third-order valence-corrected chi connectivity index (χ3v) is 5.94. The van der Waals surface area contributed by atoms with Crippen LogP contribution in [0.1, 0.15) is 11.1 Å². The molecule has 0 unspecified atom stereocenters. The maximum atomic E-state index is 12.5. The van der Waals surface area contributed by atoms with Gasteiger partial charge in [-0.25, -0.2) is 0 Å². The molecular formula is C24H17Cl2IN2O3. The number of amides is 1. The van der Waals surface area contributed by atoms with Gasteiger partial charge in [-0.05, 0) is 88.3 Å². The van der Waals surface area contributed by atoms with Gasteiger partial charge in [0, 0.05) is 5.69 Å². The van der Waals surface area contributed by atoms with Crippen molar-refractivity contribution in [1.29, 1.82) is 5.26 Å². The van der Waals surface area contributed by atoms with Crippen LogP contribution in [-0.2, 0) is 11.4 Å². The molecule has 162 valence electrons. The summed E-state index contributed by atoms with van der Waals surface area (Å²) < 4.78 is 11.8. The van der Waals surface area contributed by atoms with Crippen molar-refractivity contribution in [2.24, 2.45) is 0 Å². The van der Waals surface area contributed by atoms with Crippen molar-refractivity contribution in [2.45, 2.75) is 6.61 Å². The molecule has 5 nitrogen and oxygen atoms in total. The highest BCUT2D eigenvalue weighted by Gasteiger charge is 2.11. The Labute approximate surface area is 209 Å². The van der Waals surface area contributed by atoms with Crippen LogP contribution >= 0.6 is 45.8 Å². The molecule has 0 fully saturated rings. The number of hydrogen-bond acceptors (Lipinski definition) is 4. The molecule has 3 aromatic carbocycles. The standard InChI is InChI=1S/C24H17Cl2IN2O3/c1-31-19-6-4-18(5-7-19)29-24(30)17(13-28)10-15-3-9-23(22(27)12-15)32-14-16-2-8-20(25)21(26)11-16/h2-12H,14H2,1H3,(H,29,30)/b17-10-. The van der Waals surface area contributed by atoms with E-state index in [1.165, 1.54) is 6.08 Å². The van der Waals surface area contributed by atoms with Gasteiger partial charge in [0.05, 0.1) is 20.7 Å². The lowest BCUT2D eigenvalue weighted by Crippen LogP contribution is -2.13. The van der Waals surface area contributed by atoms with Crippen LogP contribution in [-0.4, -0.2) is 13.0 Å². The number of methoxy groups -OCH3 is 1. The number of nitriles is 1. The highest BCUT2D eigenvalue weighted by atomic mass is 127. The molecule has 0 aliphatic rings. The van der Waals surface area contributed by atoms with Crippen molar-refractivity contribution >= 4 is 63.5 Å². The van der Waals surface area contributed by atoms with E-state index in [1.807, 2.05) is 18.2 Å². The first-order chi connectivity index (χ1) is 15.4. The van der Waals surface area contributed by atoms with Gasteiger partial charge in [0.2, 0.25) is 0 Å². The molecule has 0 aliphatic carbocycles. The maximum Gasteiger partial charge on any atom is 0.266 e. The number of hydrogen-bond donors (Lipinski definition) is 1. The van der Waals surface area contributed by atoms with E-state index in [1.54, 1.807) is 55.6 Å². The van der Waals surface area contributed by atoms with E-state index in [9.17, 15) is 10.1 Å². The van der Waals surface area contributed by atoms with Crippen LogP contribution < -0.4 is 14.8 Å². The second-order valence-corrected chi connectivity index (χ2v) is 8.56. The summed E-state index contributed by atoms with van der Waals surface area (Å²) in [6.07, 6.45) is 1.53. The maximum absolute atomic E-state index is 12.5. The van der Waals surface area contributed by atoms with Crippen LogP contribution in [0.4, 0.5) is 5.69 Å². The average molecular weight is 579 g/mol. The third-order valence-electron chi connectivity index (χ3n) is 4.36. The van der Waals surface area contributed by atoms with Gasteiger partial charge in [0.25, 0.3) is 5.91 Å². The van der Waals surface area contributed by atoms with Crippen LogP contribution in [0.5, 0.6) is 11.5 Å². The van der Waals surface area contributed by atoms with Gasteiger partial charge in [-0.15, -0.1) is 0 Å². The summed E-state index contributed by atoms with van der Waals surface area (Å²) in [5, 5.41) is 13.1. The first-order valence-corrected chi connectivity index (χ1v) is 11.2. The molecule has 0 saturated carbocycles. The molecule has 0 radical (unpaired) electrons. The van der Waals surface area contributed by atoms with Gasteiger partial charge in [-0.2, -0.15) is 5.26 Å². The Morgan fingerprint density at radius 2 is 1.84 bits per heavy atom. The van der Waals surface area contributed by atoms with Gasteiger partial charge in [0.15, 0.2) is 0 Å².